The summed E-state index contributed by atoms with van der Waals surface area (Å²) in [6.45, 7) is 7.50. The van der Waals surface area contributed by atoms with Crippen LogP contribution in [0, 0.1) is 27.7 Å². The molecule has 3 heterocycles. The molecule has 8 nitrogen and oxygen atoms in total. The summed E-state index contributed by atoms with van der Waals surface area (Å²) in [5, 5.41) is 3.32. The fraction of sp³-hybridized carbons (Fsp3) is 0.240. The Balaban J connectivity index is 1.64. The van der Waals surface area contributed by atoms with Gasteiger partial charge in [0, 0.05) is 16.6 Å². The van der Waals surface area contributed by atoms with Gasteiger partial charge in [-0.25, -0.2) is 9.36 Å². The first kappa shape index (κ1) is 22.0. The molecule has 0 atom stereocenters. The maximum absolute atomic E-state index is 13.6. The Hall–Kier alpha value is -3.85. The smallest absolute Gasteiger partial charge is 0.337 e. The fourth-order valence-corrected chi connectivity index (χ4v) is 5.28. The molecule has 174 valence electrons. The number of nitrogens with zero attached hydrogens (tertiary/aromatic N) is 2. The first-order valence-corrected chi connectivity index (χ1v) is 11.6. The molecule has 1 aliphatic heterocycles. The molecular formula is C25H23N3O5S. The highest BCUT2D eigenvalue weighted by molar-refractivity contribution is 7.18. The monoisotopic (exact) mass is 477 g/mol. The van der Waals surface area contributed by atoms with Crippen molar-refractivity contribution in [2.75, 3.05) is 12.1 Å². The van der Waals surface area contributed by atoms with E-state index in [1.807, 2.05) is 45.9 Å². The molecule has 0 bridgehead atoms. The van der Waals surface area contributed by atoms with Gasteiger partial charge in [-0.05, 0) is 57.0 Å². The third-order valence-electron chi connectivity index (χ3n) is 6.02. The van der Waals surface area contributed by atoms with E-state index in [1.165, 1.54) is 15.9 Å². The van der Waals surface area contributed by atoms with Crippen LogP contribution in [-0.2, 0) is 11.3 Å². The molecule has 9 heteroatoms. The third kappa shape index (κ3) is 3.58. The van der Waals surface area contributed by atoms with E-state index >= 15 is 0 Å². The summed E-state index contributed by atoms with van der Waals surface area (Å²) >= 11 is 1.34. The second kappa shape index (κ2) is 8.18. The van der Waals surface area contributed by atoms with Crippen LogP contribution in [0.2, 0.25) is 0 Å². The van der Waals surface area contributed by atoms with Crippen LogP contribution in [0.15, 0.2) is 46.0 Å². The third-order valence-corrected chi connectivity index (χ3v) is 7.25. The van der Waals surface area contributed by atoms with Crippen LogP contribution >= 0.6 is 11.3 Å². The fourth-order valence-electron chi connectivity index (χ4n) is 4.14. The number of hydrogen-bond acceptors (Lipinski definition) is 6. The van der Waals surface area contributed by atoms with E-state index < -0.39 is 11.2 Å². The number of carbonyl (C=O) groups excluding carboxylic acids is 1. The number of aromatic nitrogens is 2. The lowest BCUT2D eigenvalue weighted by Gasteiger charge is -2.14. The summed E-state index contributed by atoms with van der Waals surface area (Å²) in [6, 6.07) is 10.6. The number of ether oxygens (including phenoxy) is 2. The molecule has 0 radical (unpaired) electrons. The lowest BCUT2D eigenvalue weighted by atomic mass is 10.1. The van der Waals surface area contributed by atoms with Crippen LogP contribution in [0.4, 0.5) is 5.69 Å². The van der Waals surface area contributed by atoms with Crippen molar-refractivity contribution in [2.24, 2.45) is 0 Å². The van der Waals surface area contributed by atoms with Crippen LogP contribution in [0.3, 0.4) is 0 Å². The van der Waals surface area contributed by atoms with E-state index in [-0.39, 0.29) is 19.2 Å². The van der Waals surface area contributed by atoms with Crippen LogP contribution in [0.5, 0.6) is 11.5 Å². The van der Waals surface area contributed by atoms with Gasteiger partial charge >= 0.3 is 5.69 Å². The van der Waals surface area contributed by atoms with Crippen molar-refractivity contribution in [3.63, 3.8) is 0 Å². The van der Waals surface area contributed by atoms with Gasteiger partial charge in [-0.1, -0.05) is 17.7 Å². The Morgan fingerprint density at radius 3 is 2.56 bits per heavy atom. The van der Waals surface area contributed by atoms with E-state index in [0.717, 1.165) is 26.1 Å². The van der Waals surface area contributed by atoms with Crippen molar-refractivity contribution >= 4 is 33.1 Å². The zero-order chi connectivity index (χ0) is 24.1. The predicted molar refractivity (Wildman–Crippen MR) is 132 cm³/mol. The molecule has 2 aromatic carbocycles. The average molecular weight is 478 g/mol. The van der Waals surface area contributed by atoms with Crippen LogP contribution in [0.1, 0.15) is 21.6 Å². The SMILES string of the molecule is Cc1ccc(NC(=O)Cn2c(=O)n(-c3ccc4c(c3)OCO4)c(=O)c3c(C)c(C)sc32)c(C)c1. The molecule has 5 rings (SSSR count). The summed E-state index contributed by atoms with van der Waals surface area (Å²) in [5.74, 6) is 0.657. The summed E-state index contributed by atoms with van der Waals surface area (Å²) in [5.41, 5.74) is 2.84. The minimum atomic E-state index is -0.589. The number of anilines is 1. The summed E-state index contributed by atoms with van der Waals surface area (Å²) in [6.07, 6.45) is 0. The molecule has 4 aromatic rings. The van der Waals surface area contributed by atoms with Gasteiger partial charge in [-0.3, -0.25) is 14.2 Å². The molecule has 2 aromatic heterocycles. The van der Waals surface area contributed by atoms with Gasteiger partial charge in [-0.15, -0.1) is 11.3 Å². The zero-order valence-electron chi connectivity index (χ0n) is 19.2. The minimum Gasteiger partial charge on any atom is -0.454 e. The molecule has 1 amide bonds. The van der Waals surface area contributed by atoms with Crippen LogP contribution in [-0.4, -0.2) is 21.8 Å². The second-order valence-electron chi connectivity index (χ2n) is 8.38. The van der Waals surface area contributed by atoms with Gasteiger partial charge in [0.15, 0.2) is 11.5 Å². The molecule has 0 fully saturated rings. The number of fused-ring (bicyclic) bond motifs is 2. The summed E-state index contributed by atoms with van der Waals surface area (Å²) in [4.78, 5) is 41.5. The topological polar surface area (TPSA) is 91.6 Å². The van der Waals surface area contributed by atoms with E-state index in [1.54, 1.807) is 18.2 Å². The Bertz CT molecular complexity index is 1600. The van der Waals surface area contributed by atoms with Gasteiger partial charge < -0.3 is 14.8 Å². The highest BCUT2D eigenvalue weighted by Gasteiger charge is 2.23. The molecule has 0 aliphatic carbocycles. The number of benzene rings is 2. The lowest BCUT2D eigenvalue weighted by molar-refractivity contribution is -0.116. The standard InChI is InChI=1S/C25H23N3O5S/c1-13-5-7-18(14(2)9-13)26-21(29)11-27-24-22(15(3)16(4)34-24)23(30)28(25(27)31)17-6-8-19-20(10-17)33-12-32-19/h5-10H,11-12H2,1-4H3,(H,26,29). The van der Waals surface area contributed by atoms with Crippen LogP contribution < -0.4 is 26.0 Å². The molecule has 34 heavy (non-hydrogen) atoms. The van der Waals surface area contributed by atoms with Crippen molar-refractivity contribution < 1.29 is 14.3 Å². The maximum Gasteiger partial charge on any atom is 0.337 e. The normalized spacial score (nSPS) is 12.4. The van der Waals surface area contributed by atoms with Gasteiger partial charge in [0.2, 0.25) is 12.7 Å². The van der Waals surface area contributed by atoms with Crippen LogP contribution in [0.25, 0.3) is 15.9 Å². The summed E-state index contributed by atoms with van der Waals surface area (Å²) < 4.78 is 13.2. The molecule has 1 aliphatic rings. The number of thiophene rings is 1. The number of carbonyl (C=O) groups is 1. The Morgan fingerprint density at radius 1 is 1.03 bits per heavy atom. The van der Waals surface area contributed by atoms with Gasteiger partial charge in [0.25, 0.3) is 5.56 Å². The second-order valence-corrected chi connectivity index (χ2v) is 9.58. The van der Waals surface area contributed by atoms with Crippen molar-refractivity contribution in [1.29, 1.82) is 0 Å². The van der Waals surface area contributed by atoms with Gasteiger partial charge in [-0.2, -0.15) is 0 Å². The number of hydrogen-bond donors (Lipinski definition) is 1. The molecular weight excluding hydrogens is 454 g/mol. The van der Waals surface area contributed by atoms with E-state index in [9.17, 15) is 14.4 Å². The Morgan fingerprint density at radius 2 is 1.79 bits per heavy atom. The number of aryl methyl sites for hydroxylation is 4. The van der Waals surface area contributed by atoms with Crippen molar-refractivity contribution in [3.05, 3.63) is 78.8 Å². The zero-order valence-corrected chi connectivity index (χ0v) is 20.0. The first-order chi connectivity index (χ1) is 16.2. The number of rotatable bonds is 4. The van der Waals surface area contributed by atoms with Crippen molar-refractivity contribution in [3.8, 4) is 17.2 Å². The van der Waals surface area contributed by atoms with Gasteiger partial charge in [0.1, 0.15) is 11.4 Å². The first-order valence-electron chi connectivity index (χ1n) is 10.8. The molecule has 0 spiro atoms. The highest BCUT2D eigenvalue weighted by atomic mass is 32.1. The largest absolute Gasteiger partial charge is 0.454 e. The van der Waals surface area contributed by atoms with Gasteiger partial charge in [0.05, 0.1) is 11.1 Å². The lowest BCUT2D eigenvalue weighted by Crippen LogP contribution is -2.40. The Kier molecular flexibility index (Phi) is 5.28. The number of nitrogens with one attached hydrogen (secondary N) is 1. The summed E-state index contributed by atoms with van der Waals surface area (Å²) in [7, 11) is 0. The molecule has 0 saturated carbocycles. The quantitative estimate of drug-likeness (QED) is 0.483. The molecule has 0 saturated heterocycles. The minimum absolute atomic E-state index is 0.0817. The molecule has 0 unspecified atom stereocenters. The molecule has 1 N–H and O–H groups in total. The Labute approximate surface area is 199 Å². The average Bonchev–Trinajstić information content (AvgIpc) is 3.37. The van der Waals surface area contributed by atoms with E-state index in [2.05, 4.69) is 5.32 Å². The van der Waals surface area contributed by atoms with Crippen molar-refractivity contribution in [1.82, 2.24) is 9.13 Å². The van der Waals surface area contributed by atoms with E-state index in [4.69, 9.17) is 9.47 Å². The predicted octanol–water partition coefficient (Wildman–Crippen LogP) is 3.81. The maximum atomic E-state index is 13.6. The van der Waals surface area contributed by atoms with E-state index in [0.29, 0.717) is 33.1 Å². The van der Waals surface area contributed by atoms with Crippen molar-refractivity contribution in [2.45, 2.75) is 34.2 Å². The highest BCUT2D eigenvalue weighted by Crippen LogP contribution is 2.33. The number of amides is 1.